The monoisotopic (exact) mass is 1590 g/mol. The number of halogens is 15. The Morgan fingerprint density at radius 3 is 1.12 bits per heavy atom. The van der Waals surface area contributed by atoms with Gasteiger partial charge < -0.3 is 18.9 Å². The van der Waals surface area contributed by atoms with Crippen molar-refractivity contribution in [3.8, 4) is 23.0 Å². The average molecular weight is 1600 g/mol. The van der Waals surface area contributed by atoms with Gasteiger partial charge in [0.15, 0.2) is 46.3 Å². The number of ether oxygens (including phenoxy) is 4. The van der Waals surface area contributed by atoms with E-state index in [1.807, 2.05) is 6.92 Å². The van der Waals surface area contributed by atoms with Crippen molar-refractivity contribution in [2.75, 3.05) is 26.9 Å². The molecule has 630 valence electrons. The van der Waals surface area contributed by atoms with Crippen LogP contribution >= 0.6 is 0 Å². The normalized spacial score (nSPS) is 34.8. The van der Waals surface area contributed by atoms with Gasteiger partial charge in [-0.1, -0.05) is 125 Å². The average Bonchev–Trinajstić information content (AvgIpc) is 0.805. The maximum atomic E-state index is 15.1. The van der Waals surface area contributed by atoms with Gasteiger partial charge in [-0.15, -0.1) is 0 Å². The Bertz CT molecular complexity index is 3630. The standard InChI is InChI=1S/C24H34F4O.C24H32F4O.C23H32F4O.C22H31F3O/c2*1-4-14-29-19-9-8-18(22(27)23(19)28)17-7-6-16(20(25)21(17)26)15-10-12-24(3,5-2)13-11-15;1-4-22(3)12-10-15(11-13-22)18-8-6-16(14-23(18,26)27)17-7-9-19(28-5-2)21(25)20(17)24;1-4-22(2)11-9-14(10-12-22)16-6-5-15(13-18(16)23)17-7-8-19(26-3)21(25)20(17)24/h8-9,15-17,20-21H,4-7,10-14H2,1-3H3;4,8-9,15-17,20-21H,1,5-7,10-14H2,2-3H3;7,9,15-16,18H,4-6,8,10-14H2,1-3H3;7-8,14-16,18H,4-6,9-13H2,1-3H3. The van der Waals surface area contributed by atoms with Crippen LogP contribution in [0.25, 0.3) is 0 Å². The fourth-order valence-corrected chi connectivity index (χ4v) is 20.8. The van der Waals surface area contributed by atoms with Crippen LogP contribution in [-0.4, -0.2) is 63.7 Å². The van der Waals surface area contributed by atoms with Crippen LogP contribution in [0.5, 0.6) is 23.0 Å². The van der Waals surface area contributed by atoms with Crippen LogP contribution in [0.15, 0.2) is 61.2 Å². The lowest BCUT2D eigenvalue weighted by Crippen LogP contribution is -2.42. The van der Waals surface area contributed by atoms with E-state index < -0.39 is 113 Å². The smallest absolute Gasteiger partial charge is 0.251 e. The van der Waals surface area contributed by atoms with Gasteiger partial charge >= 0.3 is 0 Å². The molecule has 4 aromatic carbocycles. The Labute approximate surface area is 659 Å². The van der Waals surface area contributed by atoms with Crippen LogP contribution in [0.1, 0.15) is 314 Å². The first kappa shape index (κ1) is 90.7. The van der Waals surface area contributed by atoms with Gasteiger partial charge in [0, 0.05) is 24.2 Å². The maximum absolute atomic E-state index is 15.1. The quantitative estimate of drug-likeness (QED) is 0.0615. The van der Waals surface area contributed by atoms with Crippen LogP contribution in [0.3, 0.4) is 0 Å². The highest BCUT2D eigenvalue weighted by Gasteiger charge is 2.52. The zero-order valence-electron chi connectivity index (χ0n) is 68.6. The molecule has 13 atom stereocenters. The second-order valence-corrected chi connectivity index (χ2v) is 36.2. The molecule has 0 heterocycles. The zero-order chi connectivity index (χ0) is 81.8. The first-order valence-electron chi connectivity index (χ1n) is 42.7. The third-order valence-corrected chi connectivity index (χ3v) is 29.6. The van der Waals surface area contributed by atoms with E-state index in [1.165, 1.54) is 74.9 Å². The Morgan fingerprint density at radius 1 is 0.384 bits per heavy atom. The summed E-state index contributed by atoms with van der Waals surface area (Å²) in [6, 6.07) is 11.1. The maximum Gasteiger partial charge on any atom is 0.251 e. The van der Waals surface area contributed by atoms with Crippen molar-refractivity contribution in [3.63, 3.8) is 0 Å². The minimum Gasteiger partial charge on any atom is -0.494 e. The van der Waals surface area contributed by atoms with Gasteiger partial charge in [-0.05, 0) is 295 Å². The van der Waals surface area contributed by atoms with E-state index >= 15 is 26.3 Å². The molecule has 8 aliphatic carbocycles. The first-order chi connectivity index (χ1) is 53.2. The Morgan fingerprint density at radius 2 is 0.732 bits per heavy atom. The summed E-state index contributed by atoms with van der Waals surface area (Å²) in [6.45, 7) is 25.5. The molecule has 8 saturated carbocycles. The van der Waals surface area contributed by atoms with Crippen molar-refractivity contribution in [2.24, 2.45) is 69.0 Å². The molecule has 0 N–H and O–H groups in total. The molecule has 4 nitrogen and oxygen atoms in total. The van der Waals surface area contributed by atoms with Crippen molar-refractivity contribution in [1.82, 2.24) is 0 Å². The predicted molar refractivity (Wildman–Crippen MR) is 417 cm³/mol. The first-order valence-corrected chi connectivity index (χ1v) is 42.7. The molecule has 0 aliphatic heterocycles. The van der Waals surface area contributed by atoms with Crippen LogP contribution < -0.4 is 18.9 Å². The molecule has 12 rings (SSSR count). The van der Waals surface area contributed by atoms with E-state index in [4.69, 9.17) is 18.9 Å². The molecule has 0 aromatic heterocycles. The summed E-state index contributed by atoms with van der Waals surface area (Å²) in [5, 5.41) is 0. The molecule has 0 saturated heterocycles. The summed E-state index contributed by atoms with van der Waals surface area (Å²) in [5.74, 6) is -15.1. The van der Waals surface area contributed by atoms with Crippen LogP contribution in [-0.2, 0) is 0 Å². The van der Waals surface area contributed by atoms with Gasteiger partial charge in [0.2, 0.25) is 23.3 Å². The molecule has 0 radical (unpaired) electrons. The van der Waals surface area contributed by atoms with Gasteiger partial charge in [-0.25, -0.2) is 48.3 Å². The van der Waals surface area contributed by atoms with E-state index in [0.29, 0.717) is 79.1 Å². The lowest BCUT2D eigenvalue weighted by atomic mass is 9.63. The Hall–Kier alpha value is -5.23. The van der Waals surface area contributed by atoms with E-state index in [1.54, 1.807) is 13.0 Å². The lowest BCUT2D eigenvalue weighted by Gasteiger charge is -2.45. The van der Waals surface area contributed by atoms with Gasteiger partial charge in [0.05, 0.1) is 20.3 Å². The van der Waals surface area contributed by atoms with Gasteiger partial charge in [-0.2, -0.15) is 17.6 Å². The molecular weight excluding hydrogens is 1470 g/mol. The molecule has 0 amide bonds. The van der Waals surface area contributed by atoms with Gasteiger partial charge in [0.25, 0.3) is 5.92 Å². The third-order valence-electron chi connectivity index (χ3n) is 29.6. The van der Waals surface area contributed by atoms with Crippen LogP contribution in [0.4, 0.5) is 65.9 Å². The highest BCUT2D eigenvalue weighted by atomic mass is 19.3. The number of alkyl halides is 7. The minimum atomic E-state index is -2.84. The van der Waals surface area contributed by atoms with Gasteiger partial charge in [0.1, 0.15) is 37.5 Å². The molecule has 0 bridgehead atoms. The SMILES string of the molecule is C=CCOc1ccc(C2CCC(C3CCC(C)(CC)CC3)C(F)C2F)c(F)c1F.CCC1(C)CCC(C2CCC(c3ccc(OC)c(F)c3F)CC2F)CC1.CCCOc1ccc(C2CCC(C3CCC(C)(CC)CC3)C(F)C2F)c(F)c1F.CCOc1ccc(C2CCC(C3CCC(C)(CC)CC3)C(F)(F)C2)c(F)c1F. The highest BCUT2D eigenvalue weighted by molar-refractivity contribution is 5.38. The summed E-state index contributed by atoms with van der Waals surface area (Å²) in [4.78, 5) is 0. The van der Waals surface area contributed by atoms with Crippen molar-refractivity contribution in [1.29, 1.82) is 0 Å². The summed E-state index contributed by atoms with van der Waals surface area (Å²) >= 11 is 0. The van der Waals surface area contributed by atoms with Crippen molar-refractivity contribution in [2.45, 2.75) is 329 Å². The summed E-state index contributed by atoms with van der Waals surface area (Å²) < 4.78 is 240. The second kappa shape index (κ2) is 39.8. The minimum absolute atomic E-state index is 0.0393. The highest BCUT2D eigenvalue weighted by Crippen LogP contribution is 2.57. The number of methoxy groups -OCH3 is 1. The number of hydrogen-bond donors (Lipinski definition) is 0. The molecule has 19 heteroatoms. The second-order valence-electron chi connectivity index (χ2n) is 36.2. The van der Waals surface area contributed by atoms with Crippen molar-refractivity contribution in [3.05, 3.63) is 130 Å². The largest absolute Gasteiger partial charge is 0.494 e. The van der Waals surface area contributed by atoms with Gasteiger partial charge in [-0.3, -0.25) is 0 Å². The Kier molecular flexibility index (Phi) is 32.2. The number of hydrogen-bond acceptors (Lipinski definition) is 4. The predicted octanol–water partition coefficient (Wildman–Crippen LogP) is 29.1. The molecule has 8 fully saturated rings. The van der Waals surface area contributed by atoms with Crippen molar-refractivity contribution < 1.29 is 84.8 Å². The fraction of sp³-hybridized carbons (Fsp3) is 0.720. The van der Waals surface area contributed by atoms with Crippen LogP contribution in [0.2, 0.25) is 0 Å². The topological polar surface area (TPSA) is 36.9 Å². The van der Waals surface area contributed by atoms with Crippen LogP contribution in [0, 0.1) is 116 Å². The van der Waals surface area contributed by atoms with Crippen molar-refractivity contribution >= 4 is 0 Å². The molecule has 112 heavy (non-hydrogen) atoms. The van der Waals surface area contributed by atoms with E-state index in [9.17, 15) is 39.5 Å². The van der Waals surface area contributed by atoms with E-state index in [2.05, 4.69) is 62.0 Å². The van der Waals surface area contributed by atoms with E-state index in [-0.39, 0.29) is 106 Å². The summed E-state index contributed by atoms with van der Waals surface area (Å²) in [5.41, 5.74) is 1.52. The number of rotatable bonds is 21. The summed E-state index contributed by atoms with van der Waals surface area (Å²) in [6.07, 6.45) is 18.9. The third kappa shape index (κ3) is 21.2. The lowest BCUT2D eigenvalue weighted by molar-refractivity contribution is -0.121. The summed E-state index contributed by atoms with van der Waals surface area (Å²) in [7, 11) is 1.31. The van der Waals surface area contributed by atoms with E-state index in [0.717, 1.165) is 122 Å². The molecule has 4 aromatic rings. The molecular formula is C93H129F15O4. The molecule has 8 aliphatic rings. The zero-order valence-corrected chi connectivity index (χ0v) is 68.6. The number of benzene rings is 4. The molecule has 0 spiro atoms. The fourth-order valence-electron chi connectivity index (χ4n) is 20.8. The Balaban J connectivity index is 0.000000172. The molecule has 13 unspecified atom stereocenters.